The van der Waals surface area contributed by atoms with Crippen molar-refractivity contribution in [1.82, 2.24) is 4.98 Å². The van der Waals surface area contributed by atoms with Crippen molar-refractivity contribution >= 4 is 39.4 Å². The summed E-state index contributed by atoms with van der Waals surface area (Å²) in [5, 5.41) is 15.9. The summed E-state index contributed by atoms with van der Waals surface area (Å²) in [5.41, 5.74) is 1.93. The third kappa shape index (κ3) is 4.05. The van der Waals surface area contributed by atoms with E-state index in [1.807, 2.05) is 5.38 Å². The van der Waals surface area contributed by atoms with E-state index in [2.05, 4.69) is 10.3 Å². The summed E-state index contributed by atoms with van der Waals surface area (Å²) in [6.07, 6.45) is 0. The number of nitrogens with zero attached hydrogens (tertiary/aromatic N) is 2. The Morgan fingerprint density at radius 1 is 1.03 bits per heavy atom. The number of carbonyl (C=O) groups excluding carboxylic acids is 1. The summed E-state index contributed by atoms with van der Waals surface area (Å²) in [6.45, 7) is 0. The molecular formula is C20H12FN3O3S2. The van der Waals surface area contributed by atoms with Crippen molar-refractivity contribution < 1.29 is 14.1 Å². The largest absolute Gasteiger partial charge is 0.297 e. The number of non-ortho nitro benzene ring substituents is 1. The first-order valence-electron chi connectivity index (χ1n) is 8.38. The Morgan fingerprint density at radius 2 is 1.72 bits per heavy atom. The molecule has 4 aromatic rings. The maximum absolute atomic E-state index is 13.3. The van der Waals surface area contributed by atoms with Crippen molar-refractivity contribution in [3.8, 4) is 21.7 Å². The molecule has 9 heteroatoms. The predicted octanol–water partition coefficient (Wildman–Crippen LogP) is 5.84. The summed E-state index contributed by atoms with van der Waals surface area (Å²) in [5.74, 6) is -0.637. The van der Waals surface area contributed by atoms with Crippen LogP contribution in [0.3, 0.4) is 0 Å². The summed E-state index contributed by atoms with van der Waals surface area (Å²) >= 11 is 2.57. The van der Waals surface area contributed by atoms with Gasteiger partial charge in [-0.2, -0.15) is 0 Å². The molecule has 0 saturated heterocycles. The second kappa shape index (κ2) is 7.90. The molecule has 0 fully saturated rings. The molecule has 2 heterocycles. The van der Waals surface area contributed by atoms with E-state index >= 15 is 0 Å². The number of nitrogens with one attached hydrogen (secondary N) is 1. The smallest absolute Gasteiger partial charge is 0.269 e. The van der Waals surface area contributed by atoms with Crippen molar-refractivity contribution in [2.45, 2.75) is 0 Å². The molecule has 0 unspecified atom stereocenters. The molecule has 2 aromatic heterocycles. The quantitative estimate of drug-likeness (QED) is 0.322. The van der Waals surface area contributed by atoms with E-state index in [4.69, 9.17) is 0 Å². The number of thiophene rings is 1. The van der Waals surface area contributed by atoms with Gasteiger partial charge in [0.15, 0.2) is 5.13 Å². The fourth-order valence-corrected chi connectivity index (χ4v) is 4.28. The molecule has 0 aliphatic carbocycles. The highest BCUT2D eigenvalue weighted by molar-refractivity contribution is 7.19. The third-order valence-electron chi connectivity index (χ3n) is 4.05. The molecule has 0 aliphatic rings. The van der Waals surface area contributed by atoms with Gasteiger partial charge in [-0.15, -0.1) is 11.3 Å². The van der Waals surface area contributed by atoms with E-state index in [1.54, 1.807) is 36.4 Å². The number of hydrogen-bond acceptors (Lipinski definition) is 6. The highest BCUT2D eigenvalue weighted by atomic mass is 32.1. The van der Waals surface area contributed by atoms with Gasteiger partial charge < -0.3 is 0 Å². The molecule has 29 heavy (non-hydrogen) atoms. The van der Waals surface area contributed by atoms with Crippen LogP contribution in [0.5, 0.6) is 0 Å². The molecule has 144 valence electrons. The van der Waals surface area contributed by atoms with E-state index in [0.29, 0.717) is 31.7 Å². The van der Waals surface area contributed by atoms with E-state index in [1.165, 1.54) is 46.9 Å². The van der Waals surface area contributed by atoms with Crippen LogP contribution in [0.15, 0.2) is 66.0 Å². The van der Waals surface area contributed by atoms with Crippen LogP contribution in [0.1, 0.15) is 9.67 Å². The summed E-state index contributed by atoms with van der Waals surface area (Å²) in [7, 11) is 0. The zero-order valence-corrected chi connectivity index (χ0v) is 16.3. The second-order valence-electron chi connectivity index (χ2n) is 5.94. The number of carbonyl (C=O) groups is 1. The van der Waals surface area contributed by atoms with E-state index in [9.17, 15) is 19.3 Å². The maximum Gasteiger partial charge on any atom is 0.269 e. The monoisotopic (exact) mass is 425 g/mol. The van der Waals surface area contributed by atoms with Crippen molar-refractivity contribution in [2.24, 2.45) is 0 Å². The maximum atomic E-state index is 13.3. The Labute approximate surface area is 172 Å². The van der Waals surface area contributed by atoms with Gasteiger partial charge in [0, 0.05) is 17.7 Å². The number of benzene rings is 2. The summed E-state index contributed by atoms with van der Waals surface area (Å²) < 4.78 is 13.3. The number of halogens is 1. The molecule has 4 rings (SSSR count). The topological polar surface area (TPSA) is 85.1 Å². The van der Waals surface area contributed by atoms with Gasteiger partial charge in [0.25, 0.3) is 11.6 Å². The van der Waals surface area contributed by atoms with Crippen LogP contribution in [-0.4, -0.2) is 15.8 Å². The molecular weight excluding hydrogens is 413 g/mol. The van der Waals surface area contributed by atoms with Gasteiger partial charge in [-0.3, -0.25) is 20.2 Å². The molecule has 0 spiro atoms. The van der Waals surface area contributed by atoms with Crippen LogP contribution >= 0.6 is 22.7 Å². The summed E-state index contributed by atoms with van der Waals surface area (Å²) in [4.78, 5) is 28.6. The Kier molecular flexibility index (Phi) is 5.15. The van der Waals surface area contributed by atoms with Crippen molar-refractivity contribution in [3.05, 3.63) is 86.9 Å². The zero-order valence-electron chi connectivity index (χ0n) is 14.7. The average molecular weight is 425 g/mol. The van der Waals surface area contributed by atoms with Crippen LogP contribution < -0.4 is 5.32 Å². The van der Waals surface area contributed by atoms with Gasteiger partial charge >= 0.3 is 0 Å². The Morgan fingerprint density at radius 3 is 2.34 bits per heavy atom. The molecule has 1 amide bonds. The number of hydrogen-bond donors (Lipinski definition) is 1. The van der Waals surface area contributed by atoms with Crippen LogP contribution in [0.2, 0.25) is 0 Å². The van der Waals surface area contributed by atoms with Crippen LogP contribution in [0, 0.1) is 15.9 Å². The molecule has 2 aromatic carbocycles. The van der Waals surface area contributed by atoms with Gasteiger partial charge in [-0.05, 0) is 53.4 Å². The lowest BCUT2D eigenvalue weighted by Crippen LogP contribution is -2.09. The van der Waals surface area contributed by atoms with Crippen LogP contribution in [0.25, 0.3) is 21.7 Å². The fraction of sp³-hybridized carbons (Fsp3) is 0. The number of nitro benzene ring substituents is 1. The lowest BCUT2D eigenvalue weighted by Gasteiger charge is -2.03. The molecule has 1 N–H and O–H groups in total. The number of rotatable bonds is 5. The molecule has 0 radical (unpaired) electrons. The van der Waals surface area contributed by atoms with Gasteiger partial charge in [-0.1, -0.05) is 17.4 Å². The van der Waals surface area contributed by atoms with Gasteiger partial charge in [0.1, 0.15) is 5.82 Å². The lowest BCUT2D eigenvalue weighted by molar-refractivity contribution is -0.384. The van der Waals surface area contributed by atoms with Crippen molar-refractivity contribution in [2.75, 3.05) is 5.32 Å². The SMILES string of the molecule is O=C(Nc1nc(-c2ccc(F)cc2)c(-c2ccc([N+](=O)[O-])cc2)s1)c1cccs1. The number of thiazole rings is 1. The van der Waals surface area contributed by atoms with Crippen molar-refractivity contribution in [3.63, 3.8) is 0 Å². The summed E-state index contributed by atoms with van der Waals surface area (Å²) in [6, 6.07) is 15.4. The molecule has 6 nitrogen and oxygen atoms in total. The normalized spacial score (nSPS) is 10.7. The lowest BCUT2D eigenvalue weighted by atomic mass is 10.1. The predicted molar refractivity (Wildman–Crippen MR) is 112 cm³/mol. The first kappa shape index (κ1) is 18.9. The number of amides is 1. The minimum Gasteiger partial charge on any atom is -0.297 e. The number of anilines is 1. The van der Waals surface area contributed by atoms with E-state index < -0.39 is 4.92 Å². The van der Waals surface area contributed by atoms with E-state index in [0.717, 1.165) is 0 Å². The van der Waals surface area contributed by atoms with E-state index in [-0.39, 0.29) is 17.4 Å². The molecule has 0 aliphatic heterocycles. The minimum absolute atomic E-state index is 0.0205. The Hall–Kier alpha value is -3.43. The number of aromatic nitrogens is 1. The fourth-order valence-electron chi connectivity index (χ4n) is 2.67. The number of nitro groups is 1. The van der Waals surface area contributed by atoms with Crippen LogP contribution in [0.4, 0.5) is 15.2 Å². The molecule has 0 atom stereocenters. The minimum atomic E-state index is -0.468. The van der Waals surface area contributed by atoms with Crippen LogP contribution in [-0.2, 0) is 0 Å². The van der Waals surface area contributed by atoms with Crippen molar-refractivity contribution in [1.29, 1.82) is 0 Å². The first-order valence-corrected chi connectivity index (χ1v) is 10.1. The highest BCUT2D eigenvalue weighted by Crippen LogP contribution is 2.39. The Balaban J connectivity index is 1.75. The van der Waals surface area contributed by atoms with Gasteiger partial charge in [0.05, 0.1) is 20.4 Å². The molecule has 0 saturated carbocycles. The first-order chi connectivity index (χ1) is 14.0. The van der Waals surface area contributed by atoms with Gasteiger partial charge in [-0.25, -0.2) is 9.37 Å². The average Bonchev–Trinajstić information content (AvgIpc) is 3.39. The second-order valence-corrected chi connectivity index (χ2v) is 7.89. The zero-order chi connectivity index (χ0) is 20.4. The third-order valence-corrected chi connectivity index (χ3v) is 5.94. The van der Waals surface area contributed by atoms with Gasteiger partial charge in [0.2, 0.25) is 0 Å². The highest BCUT2D eigenvalue weighted by Gasteiger charge is 2.18. The molecule has 0 bridgehead atoms. The standard InChI is InChI=1S/C20H12FN3O3S2/c21-14-7-3-12(4-8-14)17-18(13-5-9-15(10-6-13)24(26)27)29-20(22-17)23-19(25)16-2-1-11-28-16/h1-11H,(H,22,23,25). The Bertz CT molecular complexity index is 1170.